The number of ketones is 1. The highest BCUT2D eigenvalue weighted by molar-refractivity contribution is 5.83. The molecule has 0 spiro atoms. The van der Waals surface area contributed by atoms with Crippen LogP contribution < -0.4 is 4.90 Å². The minimum absolute atomic E-state index is 0.125. The van der Waals surface area contributed by atoms with Gasteiger partial charge in [-0.1, -0.05) is 19.1 Å². The largest absolute Gasteiger partial charge is 0.362 e. The minimum Gasteiger partial charge on any atom is -0.362 e. The number of Topliss-reactive ketones (excluding diaryl/α,β-unsaturated/α-hetero) is 1. The van der Waals surface area contributed by atoms with Gasteiger partial charge in [-0.2, -0.15) is 0 Å². The second-order valence-corrected chi connectivity index (χ2v) is 3.36. The SMILES string of the molecule is CCC(=O)CN(CC)c1ccccc1F. The summed E-state index contributed by atoms with van der Waals surface area (Å²) in [5, 5.41) is 0. The molecule has 0 fully saturated rings. The molecule has 3 heteroatoms. The van der Waals surface area contributed by atoms with Crippen LogP contribution in [0.2, 0.25) is 0 Å². The fraction of sp³-hybridized carbons (Fsp3) is 0.417. The van der Waals surface area contributed by atoms with E-state index in [1.807, 2.05) is 13.8 Å². The van der Waals surface area contributed by atoms with Crippen molar-refractivity contribution >= 4 is 11.5 Å². The average molecular weight is 209 g/mol. The summed E-state index contributed by atoms with van der Waals surface area (Å²) in [7, 11) is 0. The first-order chi connectivity index (χ1) is 7.19. The molecule has 1 rings (SSSR count). The first kappa shape index (κ1) is 11.7. The lowest BCUT2D eigenvalue weighted by Gasteiger charge is -2.22. The molecule has 0 aliphatic rings. The lowest BCUT2D eigenvalue weighted by Crippen LogP contribution is -2.29. The summed E-state index contributed by atoms with van der Waals surface area (Å²) in [4.78, 5) is 13.1. The van der Waals surface area contributed by atoms with Crippen molar-refractivity contribution < 1.29 is 9.18 Å². The number of carbonyl (C=O) groups is 1. The van der Waals surface area contributed by atoms with Crippen molar-refractivity contribution in [2.75, 3.05) is 18.0 Å². The van der Waals surface area contributed by atoms with Gasteiger partial charge in [0.25, 0.3) is 0 Å². The molecule has 0 heterocycles. The molecule has 0 bridgehead atoms. The molecule has 0 aromatic heterocycles. The third kappa shape index (κ3) is 3.05. The summed E-state index contributed by atoms with van der Waals surface area (Å²) in [5.74, 6) is -0.150. The van der Waals surface area contributed by atoms with E-state index in [0.717, 1.165) is 0 Å². The average Bonchev–Trinajstić information content (AvgIpc) is 2.26. The Kier molecular flexibility index (Phi) is 4.28. The molecule has 0 aliphatic carbocycles. The molecule has 0 atom stereocenters. The predicted octanol–water partition coefficient (Wildman–Crippen LogP) is 2.63. The van der Waals surface area contributed by atoms with Crippen LogP contribution in [0.4, 0.5) is 10.1 Å². The first-order valence-electron chi connectivity index (χ1n) is 5.20. The Balaban J connectivity index is 2.83. The Morgan fingerprint density at radius 2 is 2.00 bits per heavy atom. The van der Waals surface area contributed by atoms with Crippen LogP contribution >= 0.6 is 0 Å². The van der Waals surface area contributed by atoms with Crippen molar-refractivity contribution in [3.05, 3.63) is 30.1 Å². The van der Waals surface area contributed by atoms with Crippen LogP contribution in [0, 0.1) is 5.82 Å². The van der Waals surface area contributed by atoms with Gasteiger partial charge in [-0.3, -0.25) is 4.79 Å². The Morgan fingerprint density at radius 3 is 2.53 bits per heavy atom. The van der Waals surface area contributed by atoms with Crippen LogP contribution in [-0.2, 0) is 4.79 Å². The molecule has 0 radical (unpaired) electrons. The number of nitrogens with zero attached hydrogens (tertiary/aromatic N) is 1. The summed E-state index contributed by atoms with van der Waals surface area (Å²) in [6.45, 7) is 4.65. The molecule has 1 aromatic carbocycles. The highest BCUT2D eigenvalue weighted by Crippen LogP contribution is 2.18. The molecule has 0 aliphatic heterocycles. The van der Waals surface area contributed by atoms with E-state index < -0.39 is 0 Å². The van der Waals surface area contributed by atoms with Crippen LogP contribution in [-0.4, -0.2) is 18.9 Å². The van der Waals surface area contributed by atoms with Gasteiger partial charge in [-0.15, -0.1) is 0 Å². The van der Waals surface area contributed by atoms with Gasteiger partial charge in [0.05, 0.1) is 12.2 Å². The fourth-order valence-corrected chi connectivity index (χ4v) is 1.40. The maximum Gasteiger partial charge on any atom is 0.151 e. The topological polar surface area (TPSA) is 20.3 Å². The highest BCUT2D eigenvalue weighted by atomic mass is 19.1. The monoisotopic (exact) mass is 209 g/mol. The van der Waals surface area contributed by atoms with Gasteiger partial charge in [-0.05, 0) is 19.1 Å². The second kappa shape index (κ2) is 5.49. The first-order valence-corrected chi connectivity index (χ1v) is 5.20. The van der Waals surface area contributed by atoms with Crippen LogP contribution in [0.15, 0.2) is 24.3 Å². The number of rotatable bonds is 5. The lowest BCUT2D eigenvalue weighted by atomic mass is 10.2. The molecule has 0 saturated carbocycles. The van der Waals surface area contributed by atoms with Gasteiger partial charge in [-0.25, -0.2) is 4.39 Å². The van der Waals surface area contributed by atoms with Gasteiger partial charge in [0, 0.05) is 13.0 Å². The van der Waals surface area contributed by atoms with E-state index in [-0.39, 0.29) is 18.1 Å². The number of carbonyl (C=O) groups excluding carboxylic acids is 1. The maximum absolute atomic E-state index is 13.4. The quantitative estimate of drug-likeness (QED) is 0.743. The second-order valence-electron chi connectivity index (χ2n) is 3.36. The fourth-order valence-electron chi connectivity index (χ4n) is 1.40. The zero-order valence-corrected chi connectivity index (χ0v) is 9.16. The molecular formula is C12H16FNO. The van der Waals surface area contributed by atoms with Gasteiger partial charge in [0.15, 0.2) is 5.78 Å². The molecule has 0 amide bonds. The predicted molar refractivity (Wildman–Crippen MR) is 59.6 cm³/mol. The summed E-state index contributed by atoms with van der Waals surface area (Å²) in [6, 6.07) is 6.53. The summed E-state index contributed by atoms with van der Waals surface area (Å²) < 4.78 is 13.4. The zero-order chi connectivity index (χ0) is 11.3. The number of hydrogen-bond donors (Lipinski definition) is 0. The number of hydrogen-bond acceptors (Lipinski definition) is 2. The molecule has 1 aromatic rings. The van der Waals surface area contributed by atoms with Gasteiger partial charge in [0.2, 0.25) is 0 Å². The summed E-state index contributed by atoms with van der Waals surface area (Å²) >= 11 is 0. The van der Waals surface area contributed by atoms with E-state index in [2.05, 4.69) is 0 Å². The Bertz CT molecular complexity index is 338. The maximum atomic E-state index is 13.4. The van der Waals surface area contributed by atoms with Crippen molar-refractivity contribution in [2.24, 2.45) is 0 Å². The molecule has 0 N–H and O–H groups in total. The van der Waals surface area contributed by atoms with Gasteiger partial charge in [0.1, 0.15) is 5.82 Å². The Hall–Kier alpha value is -1.38. The van der Waals surface area contributed by atoms with E-state index in [4.69, 9.17) is 0 Å². The Labute approximate surface area is 89.7 Å². The molecule has 82 valence electrons. The third-order valence-electron chi connectivity index (χ3n) is 2.34. The van der Waals surface area contributed by atoms with Crippen LogP contribution in [0.5, 0.6) is 0 Å². The molecule has 2 nitrogen and oxygen atoms in total. The Morgan fingerprint density at radius 1 is 1.33 bits per heavy atom. The van der Waals surface area contributed by atoms with Crippen LogP contribution in [0.25, 0.3) is 0 Å². The van der Waals surface area contributed by atoms with E-state index in [0.29, 0.717) is 18.7 Å². The molecular weight excluding hydrogens is 193 g/mol. The highest BCUT2D eigenvalue weighted by Gasteiger charge is 2.11. The normalized spacial score (nSPS) is 10.1. The van der Waals surface area contributed by atoms with E-state index in [1.165, 1.54) is 6.07 Å². The van der Waals surface area contributed by atoms with Crippen molar-refractivity contribution in [3.63, 3.8) is 0 Å². The number of anilines is 1. The van der Waals surface area contributed by atoms with Crippen molar-refractivity contribution in [3.8, 4) is 0 Å². The number of benzene rings is 1. The van der Waals surface area contributed by atoms with E-state index in [1.54, 1.807) is 23.1 Å². The van der Waals surface area contributed by atoms with E-state index in [9.17, 15) is 9.18 Å². The molecule has 0 unspecified atom stereocenters. The zero-order valence-electron chi connectivity index (χ0n) is 9.16. The standard InChI is InChI=1S/C12H16FNO/c1-3-10(15)9-14(4-2)12-8-6-5-7-11(12)13/h5-8H,3-4,9H2,1-2H3. The summed E-state index contributed by atoms with van der Waals surface area (Å²) in [6.07, 6.45) is 0.491. The third-order valence-corrected chi connectivity index (χ3v) is 2.34. The number of para-hydroxylation sites is 1. The van der Waals surface area contributed by atoms with Crippen LogP contribution in [0.1, 0.15) is 20.3 Å². The van der Waals surface area contributed by atoms with Crippen molar-refractivity contribution in [2.45, 2.75) is 20.3 Å². The smallest absolute Gasteiger partial charge is 0.151 e. The van der Waals surface area contributed by atoms with Crippen molar-refractivity contribution in [1.29, 1.82) is 0 Å². The number of halogens is 1. The van der Waals surface area contributed by atoms with E-state index >= 15 is 0 Å². The van der Waals surface area contributed by atoms with Gasteiger partial charge < -0.3 is 4.90 Å². The van der Waals surface area contributed by atoms with Crippen molar-refractivity contribution in [1.82, 2.24) is 0 Å². The minimum atomic E-state index is -0.275. The van der Waals surface area contributed by atoms with Crippen LogP contribution in [0.3, 0.4) is 0 Å². The summed E-state index contributed by atoms with van der Waals surface area (Å²) in [5.41, 5.74) is 0.502. The molecule has 0 saturated heterocycles. The van der Waals surface area contributed by atoms with Gasteiger partial charge >= 0.3 is 0 Å². The molecule has 15 heavy (non-hydrogen) atoms. The lowest BCUT2D eigenvalue weighted by molar-refractivity contribution is -0.117. The number of likely N-dealkylation sites (N-methyl/N-ethyl adjacent to an activating group) is 1.